The number of sulfonamides is 1. The molecule has 1 N–H and O–H groups in total. The number of ether oxygens (including phenoxy) is 1. The first kappa shape index (κ1) is 13.1. The summed E-state index contributed by atoms with van der Waals surface area (Å²) in [5, 5.41) is 0. The molecule has 104 valence electrons. The molecule has 3 rings (SSSR count). The van der Waals surface area contributed by atoms with Gasteiger partial charge in [0.2, 0.25) is 10.0 Å². The molecule has 1 aliphatic rings. The maximum atomic E-state index is 12.2. The van der Waals surface area contributed by atoms with Crippen molar-refractivity contribution in [2.45, 2.75) is 17.4 Å². The summed E-state index contributed by atoms with van der Waals surface area (Å²) < 4.78 is 32.3. The zero-order chi connectivity index (χ0) is 14.2. The van der Waals surface area contributed by atoms with Crippen molar-refractivity contribution in [3.63, 3.8) is 0 Å². The van der Waals surface area contributed by atoms with E-state index in [0.29, 0.717) is 11.3 Å². The molecule has 0 saturated carbocycles. The largest absolute Gasteiger partial charge is 0.497 e. The normalized spacial score (nSPS) is 20.1. The highest BCUT2D eigenvalue weighted by Crippen LogP contribution is 2.30. The average Bonchev–Trinajstić information content (AvgIpc) is 2.47. The highest BCUT2D eigenvalue weighted by atomic mass is 32.2. The molecule has 1 aliphatic heterocycles. The SMILES string of the molecule is COc1ccc(C2Cc3ccccc3S(=O)(=O)N2)cc1. The van der Waals surface area contributed by atoms with Crippen molar-refractivity contribution in [2.75, 3.05) is 7.11 Å². The van der Waals surface area contributed by atoms with Crippen molar-refractivity contribution in [2.24, 2.45) is 0 Å². The highest BCUT2D eigenvalue weighted by Gasteiger charge is 2.29. The number of rotatable bonds is 2. The van der Waals surface area contributed by atoms with Crippen LogP contribution in [-0.2, 0) is 16.4 Å². The molecule has 0 radical (unpaired) electrons. The Kier molecular flexibility index (Phi) is 3.23. The van der Waals surface area contributed by atoms with Crippen molar-refractivity contribution >= 4 is 10.0 Å². The molecule has 0 amide bonds. The van der Waals surface area contributed by atoms with E-state index in [1.165, 1.54) is 0 Å². The van der Waals surface area contributed by atoms with E-state index in [0.717, 1.165) is 16.9 Å². The summed E-state index contributed by atoms with van der Waals surface area (Å²) in [6.45, 7) is 0. The van der Waals surface area contributed by atoms with E-state index in [2.05, 4.69) is 4.72 Å². The molecule has 1 unspecified atom stereocenters. The Morgan fingerprint density at radius 1 is 1.10 bits per heavy atom. The summed E-state index contributed by atoms with van der Waals surface area (Å²) in [5.41, 5.74) is 1.79. The van der Waals surface area contributed by atoms with E-state index in [-0.39, 0.29) is 6.04 Å². The molecule has 0 spiro atoms. The van der Waals surface area contributed by atoms with Crippen LogP contribution in [0.3, 0.4) is 0 Å². The van der Waals surface area contributed by atoms with E-state index in [4.69, 9.17) is 4.74 Å². The number of hydrogen-bond donors (Lipinski definition) is 1. The van der Waals surface area contributed by atoms with Crippen molar-refractivity contribution < 1.29 is 13.2 Å². The quantitative estimate of drug-likeness (QED) is 0.922. The second-order valence-electron chi connectivity index (χ2n) is 4.76. The van der Waals surface area contributed by atoms with Gasteiger partial charge in [-0.25, -0.2) is 13.1 Å². The first-order valence-corrected chi connectivity index (χ1v) is 7.82. The van der Waals surface area contributed by atoms with Crippen LogP contribution < -0.4 is 9.46 Å². The van der Waals surface area contributed by atoms with Crippen molar-refractivity contribution in [1.82, 2.24) is 4.72 Å². The molecule has 0 bridgehead atoms. The lowest BCUT2D eigenvalue weighted by Crippen LogP contribution is -2.35. The van der Waals surface area contributed by atoms with Gasteiger partial charge in [-0.3, -0.25) is 0 Å². The van der Waals surface area contributed by atoms with Gasteiger partial charge < -0.3 is 4.74 Å². The molecule has 1 heterocycles. The van der Waals surface area contributed by atoms with Gasteiger partial charge in [0.05, 0.1) is 18.0 Å². The third-order valence-electron chi connectivity index (χ3n) is 3.50. The van der Waals surface area contributed by atoms with Gasteiger partial charge in [0, 0.05) is 0 Å². The molecule has 2 aromatic rings. The van der Waals surface area contributed by atoms with Gasteiger partial charge in [0.15, 0.2) is 0 Å². The molecular formula is C15H15NO3S. The molecule has 0 aliphatic carbocycles. The van der Waals surface area contributed by atoms with Crippen LogP contribution in [0.1, 0.15) is 17.2 Å². The third-order valence-corrected chi connectivity index (χ3v) is 5.07. The van der Waals surface area contributed by atoms with Crippen LogP contribution >= 0.6 is 0 Å². The Labute approximate surface area is 118 Å². The second kappa shape index (κ2) is 4.92. The first-order valence-electron chi connectivity index (χ1n) is 6.34. The van der Waals surface area contributed by atoms with Crippen molar-refractivity contribution in [3.05, 3.63) is 59.7 Å². The minimum absolute atomic E-state index is 0.235. The topological polar surface area (TPSA) is 55.4 Å². The van der Waals surface area contributed by atoms with E-state index < -0.39 is 10.0 Å². The minimum Gasteiger partial charge on any atom is -0.497 e. The molecule has 20 heavy (non-hydrogen) atoms. The zero-order valence-corrected chi connectivity index (χ0v) is 11.9. The van der Waals surface area contributed by atoms with Crippen LogP contribution in [0.4, 0.5) is 0 Å². The second-order valence-corrected chi connectivity index (χ2v) is 6.44. The smallest absolute Gasteiger partial charge is 0.241 e. The van der Waals surface area contributed by atoms with Gasteiger partial charge in [-0.05, 0) is 35.7 Å². The van der Waals surface area contributed by atoms with Gasteiger partial charge in [-0.2, -0.15) is 0 Å². The zero-order valence-electron chi connectivity index (χ0n) is 11.0. The molecule has 1 atom stereocenters. The van der Waals surface area contributed by atoms with Crippen LogP contribution in [-0.4, -0.2) is 15.5 Å². The molecule has 0 fully saturated rings. The van der Waals surface area contributed by atoms with Crippen LogP contribution in [0.5, 0.6) is 5.75 Å². The lowest BCUT2D eigenvalue weighted by atomic mass is 9.99. The van der Waals surface area contributed by atoms with Gasteiger partial charge >= 0.3 is 0 Å². The molecule has 5 heteroatoms. The summed E-state index contributed by atoms with van der Waals surface area (Å²) in [5.74, 6) is 0.757. The lowest BCUT2D eigenvalue weighted by Gasteiger charge is -2.26. The van der Waals surface area contributed by atoms with Crippen LogP contribution in [0, 0.1) is 0 Å². The monoisotopic (exact) mass is 289 g/mol. The first-order chi connectivity index (χ1) is 9.60. The minimum atomic E-state index is -3.44. The number of benzene rings is 2. The predicted molar refractivity (Wildman–Crippen MR) is 76.2 cm³/mol. The highest BCUT2D eigenvalue weighted by molar-refractivity contribution is 7.89. The average molecular weight is 289 g/mol. The fraction of sp³-hybridized carbons (Fsp3) is 0.200. The van der Waals surface area contributed by atoms with Crippen LogP contribution in [0.2, 0.25) is 0 Å². The third kappa shape index (κ3) is 2.30. The Hall–Kier alpha value is -1.85. The molecular weight excluding hydrogens is 274 g/mol. The van der Waals surface area contributed by atoms with Crippen molar-refractivity contribution in [1.29, 1.82) is 0 Å². The molecule has 4 nitrogen and oxygen atoms in total. The summed E-state index contributed by atoms with van der Waals surface area (Å²) in [6.07, 6.45) is 0.654. The molecule has 0 saturated heterocycles. The predicted octanol–water partition coefficient (Wildman–Crippen LogP) is 2.27. The summed E-state index contributed by atoms with van der Waals surface area (Å²) in [4.78, 5) is 0.379. The Balaban J connectivity index is 1.98. The lowest BCUT2D eigenvalue weighted by molar-refractivity contribution is 0.414. The van der Waals surface area contributed by atoms with E-state index in [9.17, 15) is 8.42 Å². The van der Waals surface area contributed by atoms with Gasteiger partial charge in [0.1, 0.15) is 5.75 Å². The standard InChI is InChI=1S/C15H15NO3S/c1-19-13-8-6-11(7-9-13)14-10-12-4-2-3-5-15(12)20(17,18)16-14/h2-9,14,16H,10H2,1H3. The van der Waals surface area contributed by atoms with Crippen LogP contribution in [0.25, 0.3) is 0 Å². The maximum Gasteiger partial charge on any atom is 0.241 e. The summed E-state index contributed by atoms with van der Waals surface area (Å²) in [6, 6.07) is 14.3. The summed E-state index contributed by atoms with van der Waals surface area (Å²) >= 11 is 0. The summed E-state index contributed by atoms with van der Waals surface area (Å²) in [7, 11) is -1.83. The molecule has 2 aromatic carbocycles. The van der Waals surface area contributed by atoms with Gasteiger partial charge in [-0.15, -0.1) is 0 Å². The van der Waals surface area contributed by atoms with E-state index in [1.54, 1.807) is 19.2 Å². The van der Waals surface area contributed by atoms with Crippen LogP contribution in [0.15, 0.2) is 53.4 Å². The van der Waals surface area contributed by atoms with E-state index in [1.807, 2.05) is 36.4 Å². The van der Waals surface area contributed by atoms with Crippen molar-refractivity contribution in [3.8, 4) is 5.75 Å². The Bertz CT molecular complexity index is 723. The Morgan fingerprint density at radius 2 is 1.80 bits per heavy atom. The number of fused-ring (bicyclic) bond motifs is 1. The van der Waals surface area contributed by atoms with E-state index >= 15 is 0 Å². The Morgan fingerprint density at radius 3 is 2.50 bits per heavy atom. The fourth-order valence-corrected chi connectivity index (χ4v) is 3.94. The molecule has 0 aromatic heterocycles. The maximum absolute atomic E-state index is 12.2. The number of methoxy groups -OCH3 is 1. The number of nitrogens with one attached hydrogen (secondary N) is 1. The fourth-order valence-electron chi connectivity index (χ4n) is 2.47. The van der Waals surface area contributed by atoms with Gasteiger partial charge in [0.25, 0.3) is 0 Å². The van der Waals surface area contributed by atoms with Gasteiger partial charge in [-0.1, -0.05) is 30.3 Å². The number of hydrogen-bond acceptors (Lipinski definition) is 3.